The number of aryl methyl sites for hydroxylation is 1. The van der Waals surface area contributed by atoms with Gasteiger partial charge >= 0.3 is 0 Å². The summed E-state index contributed by atoms with van der Waals surface area (Å²) in [6.07, 6.45) is 4.97. The zero-order valence-electron chi connectivity index (χ0n) is 10.1. The Morgan fingerprint density at radius 1 is 1.35 bits per heavy atom. The fourth-order valence-corrected chi connectivity index (χ4v) is 2.09. The van der Waals surface area contributed by atoms with Crippen molar-refractivity contribution in [1.29, 1.82) is 0 Å². The van der Waals surface area contributed by atoms with Gasteiger partial charge in [-0.05, 0) is 31.0 Å². The number of benzene rings is 1. The van der Waals surface area contributed by atoms with E-state index >= 15 is 0 Å². The van der Waals surface area contributed by atoms with E-state index < -0.39 is 9.84 Å². The van der Waals surface area contributed by atoms with Crippen LogP contribution in [0.25, 0.3) is 0 Å². The fraction of sp³-hybridized carbons (Fsp3) is 0.385. The van der Waals surface area contributed by atoms with E-state index in [1.54, 1.807) is 0 Å². The third-order valence-corrected chi connectivity index (χ3v) is 3.91. The summed E-state index contributed by atoms with van der Waals surface area (Å²) < 4.78 is 28.2. The van der Waals surface area contributed by atoms with E-state index in [9.17, 15) is 8.42 Å². The van der Waals surface area contributed by atoms with Crippen LogP contribution < -0.4 is 4.74 Å². The van der Waals surface area contributed by atoms with E-state index in [0.717, 1.165) is 16.9 Å². The van der Waals surface area contributed by atoms with Gasteiger partial charge in [-0.3, -0.25) is 0 Å². The molecule has 1 aromatic carbocycles. The predicted octanol–water partition coefficient (Wildman–Crippen LogP) is 1.73. The molecule has 0 saturated carbocycles. The SMILES string of the molecule is C#CCS(=O)(=O)CCOc1cccc(C)c1C. The van der Waals surface area contributed by atoms with Gasteiger partial charge in [0.25, 0.3) is 0 Å². The monoisotopic (exact) mass is 252 g/mol. The number of rotatable bonds is 5. The average molecular weight is 252 g/mol. The van der Waals surface area contributed by atoms with E-state index in [1.807, 2.05) is 32.0 Å². The second-order valence-electron chi connectivity index (χ2n) is 3.84. The average Bonchev–Trinajstić information content (AvgIpc) is 2.24. The molecule has 4 heteroatoms. The molecule has 92 valence electrons. The van der Waals surface area contributed by atoms with Crippen LogP contribution >= 0.6 is 0 Å². The van der Waals surface area contributed by atoms with Crippen LogP contribution in [0.4, 0.5) is 0 Å². The summed E-state index contributed by atoms with van der Waals surface area (Å²) in [5.41, 5.74) is 2.15. The van der Waals surface area contributed by atoms with Crippen LogP contribution in [0.2, 0.25) is 0 Å². The first kappa shape index (κ1) is 13.6. The highest BCUT2D eigenvalue weighted by atomic mass is 32.2. The van der Waals surface area contributed by atoms with Gasteiger partial charge in [0.1, 0.15) is 18.1 Å². The van der Waals surface area contributed by atoms with Crippen molar-refractivity contribution >= 4 is 9.84 Å². The lowest BCUT2D eigenvalue weighted by Gasteiger charge is -2.10. The predicted molar refractivity (Wildman–Crippen MR) is 68.9 cm³/mol. The molecule has 0 aliphatic heterocycles. The van der Waals surface area contributed by atoms with E-state index in [-0.39, 0.29) is 18.1 Å². The summed E-state index contributed by atoms with van der Waals surface area (Å²) in [4.78, 5) is 0. The lowest BCUT2D eigenvalue weighted by Crippen LogP contribution is -2.16. The molecule has 0 radical (unpaired) electrons. The maximum absolute atomic E-state index is 11.4. The molecular weight excluding hydrogens is 236 g/mol. The van der Waals surface area contributed by atoms with Crippen molar-refractivity contribution in [1.82, 2.24) is 0 Å². The quantitative estimate of drug-likeness (QED) is 0.750. The molecule has 0 N–H and O–H groups in total. The molecule has 1 rings (SSSR count). The van der Waals surface area contributed by atoms with Crippen molar-refractivity contribution in [3.63, 3.8) is 0 Å². The van der Waals surface area contributed by atoms with Gasteiger partial charge in [-0.2, -0.15) is 0 Å². The Bertz CT molecular complexity index is 524. The van der Waals surface area contributed by atoms with Crippen molar-refractivity contribution < 1.29 is 13.2 Å². The summed E-state index contributed by atoms with van der Waals surface area (Å²) in [6, 6.07) is 5.70. The van der Waals surface area contributed by atoms with Crippen LogP contribution in [-0.2, 0) is 9.84 Å². The molecule has 17 heavy (non-hydrogen) atoms. The van der Waals surface area contributed by atoms with E-state index in [2.05, 4.69) is 5.92 Å². The van der Waals surface area contributed by atoms with Crippen molar-refractivity contribution in [2.24, 2.45) is 0 Å². The van der Waals surface area contributed by atoms with Crippen LogP contribution in [0, 0.1) is 26.2 Å². The Morgan fingerprint density at radius 2 is 2.06 bits per heavy atom. The number of hydrogen-bond donors (Lipinski definition) is 0. The number of terminal acetylenes is 1. The maximum Gasteiger partial charge on any atom is 0.164 e. The lowest BCUT2D eigenvalue weighted by atomic mass is 10.1. The Labute approximate surface area is 103 Å². The van der Waals surface area contributed by atoms with Crippen LogP contribution in [-0.4, -0.2) is 26.5 Å². The molecular formula is C13H16O3S. The minimum Gasteiger partial charge on any atom is -0.492 e. The molecule has 0 fully saturated rings. The molecule has 0 unspecified atom stereocenters. The first-order chi connectivity index (χ1) is 7.96. The number of hydrogen-bond acceptors (Lipinski definition) is 3. The van der Waals surface area contributed by atoms with Crippen LogP contribution in [0.1, 0.15) is 11.1 Å². The smallest absolute Gasteiger partial charge is 0.164 e. The highest BCUT2D eigenvalue weighted by Gasteiger charge is 2.09. The van der Waals surface area contributed by atoms with Gasteiger partial charge in [0.15, 0.2) is 9.84 Å². The summed E-state index contributed by atoms with van der Waals surface area (Å²) in [5.74, 6) is 2.57. The largest absolute Gasteiger partial charge is 0.492 e. The van der Waals surface area contributed by atoms with E-state index in [4.69, 9.17) is 11.2 Å². The van der Waals surface area contributed by atoms with Crippen LogP contribution in [0.5, 0.6) is 5.75 Å². The van der Waals surface area contributed by atoms with Crippen LogP contribution in [0.15, 0.2) is 18.2 Å². The molecule has 0 aliphatic carbocycles. The molecule has 0 saturated heterocycles. The molecule has 0 heterocycles. The van der Waals surface area contributed by atoms with E-state index in [1.165, 1.54) is 0 Å². The normalized spacial score (nSPS) is 10.9. The Morgan fingerprint density at radius 3 is 2.71 bits per heavy atom. The van der Waals surface area contributed by atoms with Crippen molar-refractivity contribution in [2.75, 3.05) is 18.1 Å². The molecule has 0 aromatic heterocycles. The third-order valence-electron chi connectivity index (χ3n) is 2.51. The first-order valence-corrected chi connectivity index (χ1v) is 7.11. The highest BCUT2D eigenvalue weighted by Crippen LogP contribution is 2.20. The zero-order chi connectivity index (χ0) is 12.9. The topological polar surface area (TPSA) is 43.4 Å². The molecule has 0 spiro atoms. The second kappa shape index (κ2) is 5.74. The van der Waals surface area contributed by atoms with Crippen LogP contribution in [0.3, 0.4) is 0 Å². The third kappa shape index (κ3) is 4.12. The van der Waals surface area contributed by atoms with Gasteiger partial charge < -0.3 is 4.74 Å². The first-order valence-electron chi connectivity index (χ1n) is 5.29. The Balaban J connectivity index is 2.58. The Hall–Kier alpha value is -1.47. The lowest BCUT2D eigenvalue weighted by molar-refractivity contribution is 0.338. The number of sulfone groups is 1. The van der Waals surface area contributed by atoms with Crippen molar-refractivity contribution in [3.8, 4) is 18.1 Å². The molecule has 0 bridgehead atoms. The maximum atomic E-state index is 11.4. The summed E-state index contributed by atoms with van der Waals surface area (Å²) in [7, 11) is -3.19. The van der Waals surface area contributed by atoms with Crippen molar-refractivity contribution in [2.45, 2.75) is 13.8 Å². The number of ether oxygens (including phenoxy) is 1. The van der Waals surface area contributed by atoms with Gasteiger partial charge in [-0.15, -0.1) is 6.42 Å². The van der Waals surface area contributed by atoms with Gasteiger partial charge in [-0.1, -0.05) is 18.1 Å². The molecule has 0 aliphatic rings. The summed E-state index contributed by atoms with van der Waals surface area (Å²) in [6.45, 7) is 4.06. The standard InChI is InChI=1S/C13H16O3S/c1-4-9-17(14,15)10-8-16-13-7-5-6-11(2)12(13)3/h1,5-7H,8-10H2,2-3H3. The molecule has 1 aromatic rings. The van der Waals surface area contributed by atoms with Gasteiger partial charge in [0, 0.05) is 0 Å². The highest BCUT2D eigenvalue weighted by molar-refractivity contribution is 7.91. The fourth-order valence-electron chi connectivity index (χ4n) is 1.36. The second-order valence-corrected chi connectivity index (χ2v) is 6.03. The molecule has 0 atom stereocenters. The summed E-state index contributed by atoms with van der Waals surface area (Å²) >= 11 is 0. The molecule has 0 amide bonds. The van der Waals surface area contributed by atoms with Gasteiger partial charge in [-0.25, -0.2) is 8.42 Å². The van der Waals surface area contributed by atoms with Crippen molar-refractivity contribution in [3.05, 3.63) is 29.3 Å². The molecule has 3 nitrogen and oxygen atoms in total. The summed E-state index contributed by atoms with van der Waals surface area (Å²) in [5, 5.41) is 0. The van der Waals surface area contributed by atoms with E-state index in [0.29, 0.717) is 0 Å². The minimum atomic E-state index is -3.19. The Kier molecular flexibility index (Phi) is 4.59. The van der Waals surface area contributed by atoms with Gasteiger partial charge in [0.2, 0.25) is 0 Å². The minimum absolute atomic E-state index is 0.0510. The zero-order valence-corrected chi connectivity index (χ0v) is 10.9. The van der Waals surface area contributed by atoms with Gasteiger partial charge in [0.05, 0.1) is 5.75 Å².